The van der Waals surface area contributed by atoms with Crippen LogP contribution in [0.2, 0.25) is 0 Å². The summed E-state index contributed by atoms with van der Waals surface area (Å²) in [7, 11) is 0. The molecule has 0 saturated heterocycles. The van der Waals surface area contributed by atoms with Gasteiger partial charge in [-0.05, 0) is 45.6 Å². The third kappa shape index (κ3) is 7.63. The first-order valence-corrected chi connectivity index (χ1v) is 6.98. The number of carbonyl (C=O) groups is 1. The minimum absolute atomic E-state index is 0.522. The van der Waals surface area contributed by atoms with E-state index in [1.54, 1.807) is 0 Å². The minimum atomic E-state index is -0.908. The van der Waals surface area contributed by atoms with Crippen molar-refractivity contribution in [1.29, 1.82) is 0 Å². The van der Waals surface area contributed by atoms with Crippen LogP contribution >= 0.6 is 0 Å². The average Bonchev–Trinajstić information content (AvgIpc) is 2.37. The molecule has 0 aliphatic carbocycles. The maximum absolute atomic E-state index is 10.6. The van der Waals surface area contributed by atoms with Crippen molar-refractivity contribution in [2.45, 2.75) is 39.7 Å². The molecule has 0 spiro atoms. The molecular formula is C13H29N3O2. The molecule has 18 heavy (non-hydrogen) atoms. The standard InChI is InChI=1S/C13H29N3O2/c1-4-15(5-2)9-7-10-16(6-3)11-8-12(14)13(17)18/h12H,4-11,14H2,1-3H3,(H,17,18). The maximum Gasteiger partial charge on any atom is 0.320 e. The van der Waals surface area contributed by atoms with Crippen molar-refractivity contribution in [3.05, 3.63) is 0 Å². The van der Waals surface area contributed by atoms with Crippen LogP contribution in [-0.4, -0.2) is 66.2 Å². The quantitative estimate of drug-likeness (QED) is 0.575. The molecule has 0 fully saturated rings. The van der Waals surface area contributed by atoms with Gasteiger partial charge in [-0.2, -0.15) is 0 Å². The van der Waals surface area contributed by atoms with Crippen molar-refractivity contribution in [3.8, 4) is 0 Å². The normalized spacial score (nSPS) is 13.2. The van der Waals surface area contributed by atoms with Gasteiger partial charge in [-0.15, -0.1) is 0 Å². The van der Waals surface area contributed by atoms with Gasteiger partial charge in [0, 0.05) is 6.54 Å². The molecule has 0 amide bonds. The van der Waals surface area contributed by atoms with Crippen molar-refractivity contribution in [3.63, 3.8) is 0 Å². The first-order valence-electron chi connectivity index (χ1n) is 6.98. The predicted molar refractivity (Wildman–Crippen MR) is 74.7 cm³/mol. The number of hydrogen-bond donors (Lipinski definition) is 2. The Balaban J connectivity index is 3.80. The molecule has 1 unspecified atom stereocenters. The van der Waals surface area contributed by atoms with Gasteiger partial charge in [0.15, 0.2) is 0 Å². The Labute approximate surface area is 111 Å². The molecule has 0 radical (unpaired) electrons. The zero-order valence-electron chi connectivity index (χ0n) is 12.1. The summed E-state index contributed by atoms with van der Waals surface area (Å²) in [4.78, 5) is 15.3. The third-order valence-corrected chi connectivity index (χ3v) is 3.36. The number of nitrogens with two attached hydrogens (primary N) is 1. The van der Waals surface area contributed by atoms with Crippen LogP contribution in [0.4, 0.5) is 0 Å². The first-order chi connectivity index (χ1) is 8.54. The van der Waals surface area contributed by atoms with Crippen LogP contribution in [0.15, 0.2) is 0 Å². The molecule has 5 nitrogen and oxygen atoms in total. The molecule has 0 bridgehead atoms. The van der Waals surface area contributed by atoms with Crippen LogP contribution in [0.5, 0.6) is 0 Å². The molecule has 0 aromatic carbocycles. The highest BCUT2D eigenvalue weighted by atomic mass is 16.4. The topological polar surface area (TPSA) is 69.8 Å². The molecule has 1 atom stereocenters. The lowest BCUT2D eigenvalue weighted by Gasteiger charge is -2.23. The summed E-state index contributed by atoms with van der Waals surface area (Å²) >= 11 is 0. The second kappa shape index (κ2) is 10.3. The molecule has 108 valence electrons. The second-order valence-corrected chi connectivity index (χ2v) is 4.55. The van der Waals surface area contributed by atoms with Crippen molar-refractivity contribution < 1.29 is 9.90 Å². The highest BCUT2D eigenvalue weighted by Crippen LogP contribution is 1.99. The van der Waals surface area contributed by atoms with Crippen molar-refractivity contribution in [1.82, 2.24) is 9.80 Å². The summed E-state index contributed by atoms with van der Waals surface area (Å²) in [6.45, 7) is 12.5. The van der Waals surface area contributed by atoms with E-state index in [4.69, 9.17) is 10.8 Å². The first kappa shape index (κ1) is 17.4. The predicted octanol–water partition coefficient (Wildman–Crippen LogP) is 0.842. The molecule has 0 aliphatic rings. The Bertz CT molecular complexity index is 220. The van der Waals surface area contributed by atoms with Crippen LogP contribution in [0.3, 0.4) is 0 Å². The van der Waals surface area contributed by atoms with E-state index in [2.05, 4.69) is 30.6 Å². The van der Waals surface area contributed by atoms with E-state index in [0.29, 0.717) is 6.42 Å². The van der Waals surface area contributed by atoms with E-state index in [9.17, 15) is 4.79 Å². The zero-order valence-corrected chi connectivity index (χ0v) is 12.1. The van der Waals surface area contributed by atoms with Crippen molar-refractivity contribution in [2.75, 3.05) is 39.3 Å². The summed E-state index contributed by atoms with van der Waals surface area (Å²) in [6, 6.07) is -0.734. The van der Waals surface area contributed by atoms with E-state index in [1.165, 1.54) is 0 Å². The lowest BCUT2D eigenvalue weighted by atomic mass is 10.2. The molecule has 0 aromatic heterocycles. The fraction of sp³-hybridized carbons (Fsp3) is 0.923. The molecule has 0 saturated carbocycles. The Morgan fingerprint density at radius 3 is 2.00 bits per heavy atom. The van der Waals surface area contributed by atoms with Gasteiger partial charge >= 0.3 is 5.97 Å². The molecule has 0 aromatic rings. The smallest absolute Gasteiger partial charge is 0.320 e. The summed E-state index contributed by atoms with van der Waals surface area (Å²) in [5, 5.41) is 8.73. The van der Waals surface area contributed by atoms with E-state index in [1.807, 2.05) is 0 Å². The number of hydrogen-bond acceptors (Lipinski definition) is 4. The fourth-order valence-electron chi connectivity index (χ4n) is 1.93. The van der Waals surface area contributed by atoms with Gasteiger partial charge in [0.05, 0.1) is 0 Å². The van der Waals surface area contributed by atoms with E-state index < -0.39 is 12.0 Å². The van der Waals surface area contributed by atoms with E-state index in [-0.39, 0.29) is 0 Å². The van der Waals surface area contributed by atoms with Crippen LogP contribution in [0.25, 0.3) is 0 Å². The number of rotatable bonds is 11. The zero-order chi connectivity index (χ0) is 14.0. The van der Waals surface area contributed by atoms with Gasteiger partial charge in [-0.25, -0.2) is 0 Å². The van der Waals surface area contributed by atoms with Gasteiger partial charge in [0.1, 0.15) is 6.04 Å². The largest absolute Gasteiger partial charge is 0.480 e. The van der Waals surface area contributed by atoms with Gasteiger partial charge < -0.3 is 20.6 Å². The second-order valence-electron chi connectivity index (χ2n) is 4.55. The number of carboxylic acid groups (broad SMARTS) is 1. The fourth-order valence-corrected chi connectivity index (χ4v) is 1.93. The third-order valence-electron chi connectivity index (χ3n) is 3.36. The van der Waals surface area contributed by atoms with Crippen LogP contribution < -0.4 is 5.73 Å². The highest BCUT2D eigenvalue weighted by Gasteiger charge is 2.13. The summed E-state index contributed by atoms with van der Waals surface area (Å²) in [5.41, 5.74) is 5.50. The summed E-state index contributed by atoms with van der Waals surface area (Å²) in [5.74, 6) is -0.908. The SMILES string of the molecule is CCN(CC)CCCN(CC)CCC(N)C(=O)O. The van der Waals surface area contributed by atoms with Gasteiger partial charge in [-0.1, -0.05) is 20.8 Å². The monoisotopic (exact) mass is 259 g/mol. The maximum atomic E-state index is 10.6. The Kier molecular flexibility index (Phi) is 9.92. The lowest BCUT2D eigenvalue weighted by molar-refractivity contribution is -0.138. The molecule has 0 rings (SSSR count). The van der Waals surface area contributed by atoms with Gasteiger partial charge in [0.25, 0.3) is 0 Å². The number of nitrogens with zero attached hydrogens (tertiary/aromatic N) is 2. The summed E-state index contributed by atoms with van der Waals surface area (Å²) in [6.07, 6.45) is 1.65. The average molecular weight is 259 g/mol. The Morgan fingerprint density at radius 2 is 1.56 bits per heavy atom. The van der Waals surface area contributed by atoms with Crippen LogP contribution in [0.1, 0.15) is 33.6 Å². The minimum Gasteiger partial charge on any atom is -0.480 e. The molecular weight excluding hydrogens is 230 g/mol. The number of aliphatic carboxylic acids is 1. The Hall–Kier alpha value is -0.650. The van der Waals surface area contributed by atoms with Gasteiger partial charge in [0.2, 0.25) is 0 Å². The van der Waals surface area contributed by atoms with Crippen LogP contribution in [0, 0.1) is 0 Å². The molecule has 0 aliphatic heterocycles. The number of carboxylic acids is 1. The van der Waals surface area contributed by atoms with Gasteiger partial charge in [-0.3, -0.25) is 4.79 Å². The molecule has 0 heterocycles. The molecule has 3 N–H and O–H groups in total. The molecule has 5 heteroatoms. The summed E-state index contributed by atoms with van der Waals surface area (Å²) < 4.78 is 0. The lowest BCUT2D eigenvalue weighted by Crippen LogP contribution is -2.36. The van der Waals surface area contributed by atoms with Crippen LogP contribution in [-0.2, 0) is 4.79 Å². The Morgan fingerprint density at radius 1 is 1.06 bits per heavy atom. The van der Waals surface area contributed by atoms with E-state index >= 15 is 0 Å². The van der Waals surface area contributed by atoms with Crippen molar-refractivity contribution >= 4 is 5.97 Å². The van der Waals surface area contributed by atoms with Crippen molar-refractivity contribution in [2.24, 2.45) is 5.73 Å². The van der Waals surface area contributed by atoms with E-state index in [0.717, 1.165) is 45.7 Å². The highest BCUT2D eigenvalue weighted by molar-refractivity contribution is 5.72.